The lowest BCUT2D eigenvalue weighted by atomic mass is 10.1. The molecule has 0 spiro atoms. The highest BCUT2D eigenvalue weighted by atomic mass is 14.8. The van der Waals surface area contributed by atoms with Crippen molar-refractivity contribution in [3.8, 4) is 0 Å². The first-order valence-corrected chi connectivity index (χ1v) is 6.91. The minimum atomic E-state index is 0.825. The molecule has 0 aliphatic rings. The van der Waals surface area contributed by atoms with Gasteiger partial charge >= 0.3 is 0 Å². The lowest BCUT2D eigenvalue weighted by Gasteiger charge is -2.05. The van der Waals surface area contributed by atoms with Gasteiger partial charge in [0.25, 0.3) is 0 Å². The van der Waals surface area contributed by atoms with E-state index in [-0.39, 0.29) is 0 Å². The number of aliphatic imine (C=N–C) groups is 2. The van der Waals surface area contributed by atoms with Crippen molar-refractivity contribution in [3.63, 3.8) is 0 Å². The van der Waals surface area contributed by atoms with E-state index in [0.29, 0.717) is 0 Å². The van der Waals surface area contributed by atoms with Crippen LogP contribution in [0.2, 0.25) is 0 Å². The van der Waals surface area contributed by atoms with Crippen LogP contribution in [0.15, 0.2) is 46.6 Å². The standard InChI is InChI=1S/C17H20N4/c1-12(18-3)16-7-5-14(10-20-16)9-15-6-8-17(21-11-15)13(2)19-4/h5-8,10-11H,9H2,1-4H3. The number of pyridine rings is 2. The van der Waals surface area contributed by atoms with Gasteiger partial charge < -0.3 is 0 Å². The second kappa shape index (κ2) is 6.88. The van der Waals surface area contributed by atoms with Crippen molar-refractivity contribution in [2.75, 3.05) is 14.1 Å². The zero-order valence-corrected chi connectivity index (χ0v) is 13.0. The summed E-state index contributed by atoms with van der Waals surface area (Å²) >= 11 is 0. The summed E-state index contributed by atoms with van der Waals surface area (Å²) in [6.45, 7) is 3.92. The molecule has 0 aliphatic carbocycles. The van der Waals surface area contributed by atoms with Gasteiger partial charge in [0, 0.05) is 32.9 Å². The van der Waals surface area contributed by atoms with E-state index >= 15 is 0 Å². The van der Waals surface area contributed by atoms with Gasteiger partial charge in [0.1, 0.15) is 0 Å². The van der Waals surface area contributed by atoms with Gasteiger partial charge in [-0.2, -0.15) is 0 Å². The minimum Gasteiger partial charge on any atom is -0.291 e. The summed E-state index contributed by atoms with van der Waals surface area (Å²) in [7, 11) is 3.56. The molecule has 0 aliphatic heterocycles. The molecule has 2 aromatic heterocycles. The maximum atomic E-state index is 4.43. The molecule has 0 atom stereocenters. The molecule has 0 fully saturated rings. The maximum absolute atomic E-state index is 4.43. The SMILES string of the molecule is CN=C(C)c1ccc(Cc2ccc(C(C)=NC)nc2)cn1. The molecule has 0 bridgehead atoms. The summed E-state index contributed by atoms with van der Waals surface area (Å²) in [6, 6.07) is 8.19. The Morgan fingerprint density at radius 1 is 0.810 bits per heavy atom. The van der Waals surface area contributed by atoms with Gasteiger partial charge in [-0.3, -0.25) is 20.0 Å². The average Bonchev–Trinajstić information content (AvgIpc) is 2.55. The van der Waals surface area contributed by atoms with Gasteiger partial charge in [-0.1, -0.05) is 12.1 Å². The molecular weight excluding hydrogens is 260 g/mol. The molecule has 4 heteroatoms. The summed E-state index contributed by atoms with van der Waals surface area (Å²) < 4.78 is 0. The summed E-state index contributed by atoms with van der Waals surface area (Å²) in [5, 5.41) is 0. The van der Waals surface area contributed by atoms with Crippen molar-refractivity contribution in [2.24, 2.45) is 9.98 Å². The third-order valence-corrected chi connectivity index (χ3v) is 3.47. The molecule has 0 amide bonds. The summed E-state index contributed by atoms with van der Waals surface area (Å²) in [5.74, 6) is 0. The Morgan fingerprint density at radius 2 is 1.24 bits per heavy atom. The van der Waals surface area contributed by atoms with E-state index in [1.54, 1.807) is 14.1 Å². The predicted molar refractivity (Wildman–Crippen MR) is 87.6 cm³/mol. The second-order valence-electron chi connectivity index (χ2n) is 4.90. The van der Waals surface area contributed by atoms with Crippen LogP contribution in [0.25, 0.3) is 0 Å². The largest absolute Gasteiger partial charge is 0.291 e. The maximum Gasteiger partial charge on any atom is 0.0837 e. The van der Waals surface area contributed by atoms with E-state index in [2.05, 4.69) is 32.1 Å². The normalized spacial score (nSPS) is 12.6. The van der Waals surface area contributed by atoms with Crippen molar-refractivity contribution >= 4 is 11.4 Å². The van der Waals surface area contributed by atoms with Crippen LogP contribution in [0.4, 0.5) is 0 Å². The van der Waals surface area contributed by atoms with Crippen LogP contribution in [0, 0.1) is 0 Å². The second-order valence-corrected chi connectivity index (χ2v) is 4.90. The lowest BCUT2D eigenvalue weighted by molar-refractivity contribution is 1.10. The Hall–Kier alpha value is -2.36. The molecule has 21 heavy (non-hydrogen) atoms. The zero-order valence-electron chi connectivity index (χ0n) is 13.0. The highest BCUT2D eigenvalue weighted by Crippen LogP contribution is 2.10. The quantitative estimate of drug-likeness (QED) is 0.808. The third-order valence-electron chi connectivity index (χ3n) is 3.47. The fourth-order valence-electron chi connectivity index (χ4n) is 1.95. The Balaban J connectivity index is 2.11. The van der Waals surface area contributed by atoms with E-state index in [1.807, 2.05) is 38.4 Å². The molecule has 2 heterocycles. The molecule has 0 radical (unpaired) electrons. The molecule has 2 rings (SSSR count). The topological polar surface area (TPSA) is 50.5 Å². The molecule has 0 saturated carbocycles. The van der Waals surface area contributed by atoms with Crippen molar-refractivity contribution in [1.29, 1.82) is 0 Å². The minimum absolute atomic E-state index is 0.825. The van der Waals surface area contributed by atoms with Gasteiger partial charge in [0.15, 0.2) is 0 Å². The van der Waals surface area contributed by atoms with E-state index in [0.717, 1.165) is 40.4 Å². The van der Waals surface area contributed by atoms with Gasteiger partial charge in [0.05, 0.1) is 22.8 Å². The zero-order chi connectivity index (χ0) is 15.2. The number of nitrogens with zero attached hydrogens (tertiary/aromatic N) is 4. The summed E-state index contributed by atoms with van der Waals surface area (Å²) in [6.07, 6.45) is 4.62. The monoisotopic (exact) mass is 280 g/mol. The number of hydrogen-bond acceptors (Lipinski definition) is 4. The highest BCUT2D eigenvalue weighted by molar-refractivity contribution is 5.97. The van der Waals surface area contributed by atoms with Gasteiger partial charge in [-0.25, -0.2) is 0 Å². The van der Waals surface area contributed by atoms with E-state index in [4.69, 9.17) is 0 Å². The fraction of sp³-hybridized carbons (Fsp3) is 0.294. The number of rotatable bonds is 4. The highest BCUT2D eigenvalue weighted by Gasteiger charge is 2.02. The molecule has 0 unspecified atom stereocenters. The van der Waals surface area contributed by atoms with Crippen LogP contribution in [-0.2, 0) is 6.42 Å². The van der Waals surface area contributed by atoms with Crippen LogP contribution in [0.5, 0.6) is 0 Å². The number of aromatic nitrogens is 2. The summed E-state index contributed by atoms with van der Waals surface area (Å²) in [4.78, 5) is 17.1. The van der Waals surface area contributed by atoms with E-state index in [1.165, 1.54) is 0 Å². The Morgan fingerprint density at radius 3 is 1.52 bits per heavy atom. The van der Waals surface area contributed by atoms with E-state index in [9.17, 15) is 0 Å². The van der Waals surface area contributed by atoms with Crippen molar-refractivity contribution < 1.29 is 0 Å². The molecule has 2 aromatic rings. The van der Waals surface area contributed by atoms with Crippen molar-refractivity contribution in [3.05, 3.63) is 59.2 Å². The molecule has 0 aromatic carbocycles. The van der Waals surface area contributed by atoms with Crippen LogP contribution >= 0.6 is 0 Å². The Labute approximate surface area is 125 Å². The summed E-state index contributed by atoms with van der Waals surface area (Å²) in [5.41, 5.74) is 6.06. The first kappa shape index (κ1) is 15.0. The van der Waals surface area contributed by atoms with E-state index < -0.39 is 0 Å². The Bertz CT molecular complexity index is 593. The van der Waals surface area contributed by atoms with Gasteiger partial charge in [-0.05, 0) is 37.1 Å². The molecule has 0 saturated heterocycles. The molecule has 108 valence electrons. The molecule has 4 nitrogen and oxygen atoms in total. The van der Waals surface area contributed by atoms with Gasteiger partial charge in [0.2, 0.25) is 0 Å². The molecule has 0 N–H and O–H groups in total. The van der Waals surface area contributed by atoms with Crippen LogP contribution in [0.1, 0.15) is 36.4 Å². The lowest BCUT2D eigenvalue weighted by Crippen LogP contribution is -2.01. The van der Waals surface area contributed by atoms with Crippen molar-refractivity contribution in [2.45, 2.75) is 20.3 Å². The first-order valence-electron chi connectivity index (χ1n) is 6.91. The fourth-order valence-corrected chi connectivity index (χ4v) is 1.95. The van der Waals surface area contributed by atoms with Crippen LogP contribution < -0.4 is 0 Å². The van der Waals surface area contributed by atoms with Gasteiger partial charge in [-0.15, -0.1) is 0 Å². The third kappa shape index (κ3) is 3.81. The molecular formula is C17H20N4. The average molecular weight is 280 g/mol. The Kier molecular flexibility index (Phi) is 4.93. The smallest absolute Gasteiger partial charge is 0.0837 e. The first-order chi connectivity index (χ1) is 10.1. The predicted octanol–water partition coefficient (Wildman–Crippen LogP) is 2.95. The van der Waals surface area contributed by atoms with Crippen LogP contribution in [-0.4, -0.2) is 35.5 Å². The van der Waals surface area contributed by atoms with Crippen molar-refractivity contribution in [1.82, 2.24) is 9.97 Å². The number of hydrogen-bond donors (Lipinski definition) is 0. The van der Waals surface area contributed by atoms with Crippen LogP contribution in [0.3, 0.4) is 0 Å².